The second kappa shape index (κ2) is 4.33. The number of ether oxygens (including phenoxy) is 1. The van der Waals surface area contributed by atoms with Crippen molar-refractivity contribution in [3.63, 3.8) is 0 Å². The summed E-state index contributed by atoms with van der Waals surface area (Å²) in [5.41, 5.74) is 2.33. The van der Waals surface area contributed by atoms with Gasteiger partial charge in [-0.15, -0.1) is 0 Å². The van der Waals surface area contributed by atoms with Crippen LogP contribution in [0, 0.1) is 11.3 Å². The number of hydrogen-bond donors (Lipinski definition) is 0. The van der Waals surface area contributed by atoms with Gasteiger partial charge in [-0.3, -0.25) is 0 Å². The third-order valence-electron chi connectivity index (χ3n) is 2.56. The van der Waals surface area contributed by atoms with Gasteiger partial charge in [0.15, 0.2) is 0 Å². The average molecular weight is 215 g/mol. The van der Waals surface area contributed by atoms with Crippen LogP contribution in [0.3, 0.4) is 0 Å². The first-order valence-corrected chi connectivity index (χ1v) is 5.20. The van der Waals surface area contributed by atoms with Crippen LogP contribution in [0.15, 0.2) is 18.2 Å². The number of aromatic nitrogens is 2. The third-order valence-corrected chi connectivity index (χ3v) is 2.56. The van der Waals surface area contributed by atoms with Gasteiger partial charge in [-0.1, -0.05) is 6.07 Å². The van der Waals surface area contributed by atoms with Crippen LogP contribution >= 0.6 is 0 Å². The lowest BCUT2D eigenvalue weighted by Gasteiger charge is -2.01. The molecule has 0 saturated heterocycles. The topological polar surface area (TPSA) is 50.8 Å². The van der Waals surface area contributed by atoms with Crippen LogP contribution in [0.4, 0.5) is 0 Å². The fourth-order valence-electron chi connectivity index (χ4n) is 1.68. The zero-order valence-corrected chi connectivity index (χ0v) is 9.40. The minimum Gasteiger partial charge on any atom is -0.374 e. The maximum Gasteiger partial charge on any atom is 0.135 e. The number of imidazole rings is 1. The van der Waals surface area contributed by atoms with Crippen molar-refractivity contribution in [2.75, 3.05) is 6.61 Å². The molecule has 0 saturated carbocycles. The SMILES string of the molecule is CCOCc1nc2c(C#N)cccc2n1C. The standard InChI is InChI=1S/C12H13N3O/c1-3-16-8-11-14-12-9(7-13)5-4-6-10(12)15(11)2/h4-6H,3,8H2,1-2H3. The van der Waals surface area contributed by atoms with Gasteiger partial charge in [0.25, 0.3) is 0 Å². The highest BCUT2D eigenvalue weighted by molar-refractivity contribution is 5.82. The molecule has 0 unspecified atom stereocenters. The summed E-state index contributed by atoms with van der Waals surface area (Å²) < 4.78 is 7.30. The number of para-hydroxylation sites is 1. The molecule has 0 radical (unpaired) electrons. The van der Waals surface area contributed by atoms with Crippen molar-refractivity contribution < 1.29 is 4.74 Å². The highest BCUT2D eigenvalue weighted by Gasteiger charge is 2.10. The Labute approximate surface area is 94.1 Å². The fraction of sp³-hybridized carbons (Fsp3) is 0.333. The van der Waals surface area contributed by atoms with E-state index in [0.717, 1.165) is 16.9 Å². The Balaban J connectivity index is 2.55. The lowest BCUT2D eigenvalue weighted by Crippen LogP contribution is -2.00. The second-order valence-corrected chi connectivity index (χ2v) is 3.51. The maximum atomic E-state index is 8.98. The van der Waals surface area contributed by atoms with Crippen molar-refractivity contribution in [2.45, 2.75) is 13.5 Å². The average Bonchev–Trinajstić information content (AvgIpc) is 2.64. The van der Waals surface area contributed by atoms with Gasteiger partial charge >= 0.3 is 0 Å². The van der Waals surface area contributed by atoms with E-state index in [4.69, 9.17) is 10.00 Å². The van der Waals surface area contributed by atoms with E-state index in [1.807, 2.05) is 30.7 Å². The first kappa shape index (κ1) is 10.7. The predicted molar refractivity (Wildman–Crippen MR) is 60.8 cm³/mol. The number of rotatable bonds is 3. The van der Waals surface area contributed by atoms with Crippen LogP contribution in [0.25, 0.3) is 11.0 Å². The minimum absolute atomic E-state index is 0.479. The summed E-state index contributed by atoms with van der Waals surface area (Å²) >= 11 is 0. The number of benzene rings is 1. The van der Waals surface area contributed by atoms with Crippen molar-refractivity contribution >= 4 is 11.0 Å². The van der Waals surface area contributed by atoms with Crippen molar-refractivity contribution in [2.24, 2.45) is 7.05 Å². The van der Waals surface area contributed by atoms with Crippen molar-refractivity contribution in [3.8, 4) is 6.07 Å². The summed E-state index contributed by atoms with van der Waals surface area (Å²) in [4.78, 5) is 4.44. The molecule has 0 aliphatic carbocycles. The zero-order chi connectivity index (χ0) is 11.5. The van der Waals surface area contributed by atoms with E-state index >= 15 is 0 Å². The molecule has 0 aliphatic heterocycles. The smallest absolute Gasteiger partial charge is 0.135 e. The predicted octanol–water partition coefficient (Wildman–Crippen LogP) is 1.98. The molecular formula is C12H13N3O. The zero-order valence-electron chi connectivity index (χ0n) is 9.40. The second-order valence-electron chi connectivity index (χ2n) is 3.51. The Bertz CT molecular complexity index is 551. The van der Waals surface area contributed by atoms with Crippen molar-refractivity contribution in [3.05, 3.63) is 29.6 Å². The van der Waals surface area contributed by atoms with Crippen molar-refractivity contribution in [1.82, 2.24) is 9.55 Å². The summed E-state index contributed by atoms with van der Waals surface area (Å²) in [6.45, 7) is 3.09. The number of nitriles is 1. The molecule has 4 heteroatoms. The quantitative estimate of drug-likeness (QED) is 0.786. The first-order valence-electron chi connectivity index (χ1n) is 5.20. The van der Waals surface area contributed by atoms with Crippen LogP contribution < -0.4 is 0 Å². The molecule has 82 valence electrons. The van der Waals surface area contributed by atoms with Gasteiger partial charge in [0, 0.05) is 13.7 Å². The molecule has 0 N–H and O–H groups in total. The van der Waals surface area contributed by atoms with Crippen LogP contribution in [-0.2, 0) is 18.4 Å². The van der Waals surface area contributed by atoms with Gasteiger partial charge in [0.1, 0.15) is 24.0 Å². The van der Waals surface area contributed by atoms with Gasteiger partial charge in [-0.05, 0) is 19.1 Å². The summed E-state index contributed by atoms with van der Waals surface area (Å²) in [6.07, 6.45) is 0. The first-order chi connectivity index (χ1) is 7.77. The van der Waals surface area contributed by atoms with E-state index in [0.29, 0.717) is 18.8 Å². The van der Waals surface area contributed by atoms with E-state index in [9.17, 15) is 0 Å². The van der Waals surface area contributed by atoms with E-state index in [1.54, 1.807) is 6.07 Å². The summed E-state index contributed by atoms with van der Waals surface area (Å²) in [5, 5.41) is 8.98. The molecule has 2 aromatic rings. The van der Waals surface area contributed by atoms with Crippen LogP contribution in [0.2, 0.25) is 0 Å². The Morgan fingerprint density at radius 1 is 1.50 bits per heavy atom. The normalized spacial score (nSPS) is 10.6. The summed E-state index contributed by atoms with van der Waals surface area (Å²) in [7, 11) is 1.94. The third kappa shape index (κ3) is 1.66. The van der Waals surface area contributed by atoms with Gasteiger partial charge < -0.3 is 9.30 Å². The fourth-order valence-corrected chi connectivity index (χ4v) is 1.68. The molecule has 1 aromatic heterocycles. The number of nitrogens with zero attached hydrogens (tertiary/aromatic N) is 3. The van der Waals surface area contributed by atoms with Crippen LogP contribution in [0.5, 0.6) is 0 Å². The maximum absolute atomic E-state index is 8.98. The van der Waals surface area contributed by atoms with Crippen LogP contribution in [-0.4, -0.2) is 16.2 Å². The molecule has 0 bridgehead atoms. The number of hydrogen-bond acceptors (Lipinski definition) is 3. The Hall–Kier alpha value is -1.86. The monoisotopic (exact) mass is 215 g/mol. The lowest BCUT2D eigenvalue weighted by molar-refractivity contribution is 0.126. The lowest BCUT2D eigenvalue weighted by atomic mass is 10.2. The molecule has 0 amide bonds. The molecule has 1 heterocycles. The molecule has 0 spiro atoms. The van der Waals surface area contributed by atoms with E-state index < -0.39 is 0 Å². The Morgan fingerprint density at radius 2 is 2.31 bits per heavy atom. The van der Waals surface area contributed by atoms with Crippen LogP contribution in [0.1, 0.15) is 18.3 Å². The van der Waals surface area contributed by atoms with Gasteiger partial charge in [0.2, 0.25) is 0 Å². The minimum atomic E-state index is 0.479. The summed E-state index contributed by atoms with van der Waals surface area (Å²) in [6, 6.07) is 7.75. The molecule has 0 aliphatic rings. The Morgan fingerprint density at radius 3 is 3.00 bits per heavy atom. The van der Waals surface area contributed by atoms with E-state index in [1.165, 1.54) is 0 Å². The van der Waals surface area contributed by atoms with E-state index in [2.05, 4.69) is 11.1 Å². The number of fused-ring (bicyclic) bond motifs is 1. The molecular weight excluding hydrogens is 202 g/mol. The number of aryl methyl sites for hydroxylation is 1. The molecule has 16 heavy (non-hydrogen) atoms. The molecule has 4 nitrogen and oxygen atoms in total. The highest BCUT2D eigenvalue weighted by Crippen LogP contribution is 2.18. The molecule has 2 rings (SSSR count). The van der Waals surface area contributed by atoms with Crippen molar-refractivity contribution in [1.29, 1.82) is 5.26 Å². The largest absolute Gasteiger partial charge is 0.374 e. The van der Waals surface area contributed by atoms with Gasteiger partial charge in [0.05, 0.1) is 11.1 Å². The van der Waals surface area contributed by atoms with Gasteiger partial charge in [-0.2, -0.15) is 5.26 Å². The van der Waals surface area contributed by atoms with E-state index in [-0.39, 0.29) is 0 Å². The highest BCUT2D eigenvalue weighted by atomic mass is 16.5. The Kier molecular flexibility index (Phi) is 2.88. The van der Waals surface area contributed by atoms with Gasteiger partial charge in [-0.25, -0.2) is 4.98 Å². The molecule has 0 fully saturated rings. The molecule has 1 aromatic carbocycles. The molecule has 0 atom stereocenters. The summed E-state index contributed by atoms with van der Waals surface area (Å²) in [5.74, 6) is 0.847.